The summed E-state index contributed by atoms with van der Waals surface area (Å²) in [6.45, 7) is 6.57. The Balaban J connectivity index is 1.33. The van der Waals surface area contributed by atoms with Gasteiger partial charge in [0.05, 0.1) is 5.02 Å². The Morgan fingerprint density at radius 2 is 1.80 bits per heavy atom. The smallest absolute Gasteiger partial charge is 0.265 e. The van der Waals surface area contributed by atoms with Crippen LogP contribution >= 0.6 is 11.6 Å². The topological polar surface area (TPSA) is 119 Å². The second kappa shape index (κ2) is 8.66. The molecule has 4 atom stereocenters. The van der Waals surface area contributed by atoms with Crippen LogP contribution in [0.15, 0.2) is 18.3 Å². The van der Waals surface area contributed by atoms with Gasteiger partial charge in [0, 0.05) is 48.4 Å². The van der Waals surface area contributed by atoms with E-state index >= 15 is 0 Å². The van der Waals surface area contributed by atoms with Crippen molar-refractivity contribution in [1.29, 1.82) is 0 Å². The van der Waals surface area contributed by atoms with Crippen molar-refractivity contribution in [1.82, 2.24) is 14.9 Å². The molecule has 186 valence electrons. The van der Waals surface area contributed by atoms with Crippen LogP contribution in [-0.4, -0.2) is 33.3 Å². The molecule has 2 saturated carbocycles. The van der Waals surface area contributed by atoms with E-state index in [4.69, 9.17) is 17.3 Å². The van der Waals surface area contributed by atoms with Crippen LogP contribution in [0.1, 0.15) is 62.6 Å². The molecule has 3 heterocycles. The van der Waals surface area contributed by atoms with Gasteiger partial charge in [-0.1, -0.05) is 25.4 Å². The molecule has 2 aromatic rings. The summed E-state index contributed by atoms with van der Waals surface area (Å²) >= 11 is 6.54. The highest BCUT2D eigenvalue weighted by Crippen LogP contribution is 2.47. The van der Waals surface area contributed by atoms with Gasteiger partial charge in [-0.15, -0.1) is 0 Å². The van der Waals surface area contributed by atoms with Crippen LogP contribution in [0.25, 0.3) is 11.1 Å². The largest absolute Gasteiger partial charge is 0.364 e. The van der Waals surface area contributed by atoms with E-state index in [9.17, 15) is 14.4 Å². The minimum Gasteiger partial charge on any atom is -0.364 e. The molecule has 8 nitrogen and oxygen atoms in total. The van der Waals surface area contributed by atoms with Crippen molar-refractivity contribution in [2.75, 3.05) is 5.32 Å². The third-order valence-electron chi connectivity index (χ3n) is 7.88. The molecule has 0 aromatic carbocycles. The number of nitrogens with two attached hydrogens (primary N) is 1. The number of fused-ring (bicyclic) bond motifs is 2. The number of nitrogens with zero attached hydrogens (tertiary/aromatic N) is 2. The SMILES string of the molecule is CC(=O)N[C@@H]1C[C@@H]2C[C@H](C(=O)Nc3cc(-c4cc(C(N)=O)n5c4CC(C)(C)C5)c(Cl)cn3)C[C@@H]2C1. The summed E-state index contributed by atoms with van der Waals surface area (Å²) in [5, 5.41) is 6.47. The molecule has 3 aliphatic rings. The number of hydrogen-bond acceptors (Lipinski definition) is 4. The lowest BCUT2D eigenvalue weighted by Crippen LogP contribution is -2.31. The number of primary amides is 1. The maximum atomic E-state index is 13.1. The number of amides is 3. The minimum atomic E-state index is -0.471. The molecular formula is C26H32ClN5O3. The number of carbonyl (C=O) groups excluding carboxylic acids is 3. The molecule has 4 N–H and O–H groups in total. The normalized spacial score (nSPS) is 26.3. The molecule has 2 aliphatic carbocycles. The van der Waals surface area contributed by atoms with Gasteiger partial charge in [0.25, 0.3) is 5.91 Å². The fourth-order valence-electron chi connectivity index (χ4n) is 6.51. The molecule has 1 aliphatic heterocycles. The molecule has 9 heteroatoms. The zero-order valence-corrected chi connectivity index (χ0v) is 21.1. The molecule has 0 unspecified atom stereocenters. The molecule has 0 spiro atoms. The molecule has 0 radical (unpaired) electrons. The van der Waals surface area contributed by atoms with Crippen LogP contribution in [0, 0.1) is 23.2 Å². The average molecular weight is 498 g/mol. The van der Waals surface area contributed by atoms with Crippen LogP contribution in [0.5, 0.6) is 0 Å². The second-order valence-electron chi connectivity index (χ2n) is 11.3. The number of carbonyl (C=O) groups is 3. The maximum absolute atomic E-state index is 13.1. The summed E-state index contributed by atoms with van der Waals surface area (Å²) in [5.74, 6) is 0.824. The first-order valence-corrected chi connectivity index (χ1v) is 12.6. The molecule has 2 aromatic heterocycles. The Hall–Kier alpha value is -2.87. The summed E-state index contributed by atoms with van der Waals surface area (Å²) in [6.07, 6.45) is 5.88. The number of halogens is 1. The van der Waals surface area contributed by atoms with Gasteiger partial charge < -0.3 is 20.9 Å². The summed E-state index contributed by atoms with van der Waals surface area (Å²) in [4.78, 5) is 40.9. The van der Waals surface area contributed by atoms with Gasteiger partial charge in [-0.25, -0.2) is 4.98 Å². The molecule has 0 saturated heterocycles. The molecule has 2 fully saturated rings. The number of rotatable bonds is 5. The Bertz CT molecular complexity index is 1210. The maximum Gasteiger partial charge on any atom is 0.265 e. The number of hydrogen-bond donors (Lipinski definition) is 3. The summed E-state index contributed by atoms with van der Waals surface area (Å²) in [5.41, 5.74) is 8.73. The van der Waals surface area contributed by atoms with Gasteiger partial charge in [-0.05, 0) is 61.5 Å². The summed E-state index contributed by atoms with van der Waals surface area (Å²) in [6, 6.07) is 3.81. The number of aromatic nitrogens is 2. The Morgan fingerprint density at radius 3 is 2.43 bits per heavy atom. The molecular weight excluding hydrogens is 466 g/mol. The standard InChI is InChI=1S/C26H32ClN5O3/c1-13(33)30-17-6-14-4-16(5-15(14)7-17)25(35)31-23-9-18(20(27)11-29-23)19-8-21(24(28)34)32-12-26(2,3)10-22(19)32/h8-9,11,14-17H,4-7,10,12H2,1-3H3,(H2,28,34)(H,30,33)(H,29,31,35)/t14-,15+,16-,17+. The highest BCUT2D eigenvalue weighted by Gasteiger charge is 2.44. The van der Waals surface area contributed by atoms with E-state index in [1.165, 1.54) is 0 Å². The number of anilines is 1. The Labute approximate surface area is 210 Å². The van der Waals surface area contributed by atoms with Gasteiger partial charge in [-0.2, -0.15) is 0 Å². The Morgan fingerprint density at radius 1 is 1.11 bits per heavy atom. The van der Waals surface area contributed by atoms with Crippen LogP contribution in [0.2, 0.25) is 5.02 Å². The van der Waals surface area contributed by atoms with Crippen molar-refractivity contribution in [2.24, 2.45) is 28.9 Å². The van der Waals surface area contributed by atoms with Gasteiger partial charge in [-0.3, -0.25) is 14.4 Å². The number of nitrogens with one attached hydrogen (secondary N) is 2. The predicted molar refractivity (Wildman–Crippen MR) is 134 cm³/mol. The van der Waals surface area contributed by atoms with Crippen molar-refractivity contribution in [2.45, 2.75) is 65.5 Å². The van der Waals surface area contributed by atoms with E-state index in [0.717, 1.165) is 48.9 Å². The third-order valence-corrected chi connectivity index (χ3v) is 8.19. The molecule has 0 bridgehead atoms. The number of pyridine rings is 1. The van der Waals surface area contributed by atoms with Crippen LogP contribution in [0.3, 0.4) is 0 Å². The first-order valence-electron chi connectivity index (χ1n) is 12.3. The first-order chi connectivity index (χ1) is 16.5. The lowest BCUT2D eigenvalue weighted by Gasteiger charge is -2.16. The van der Waals surface area contributed by atoms with E-state index in [2.05, 4.69) is 29.5 Å². The van der Waals surface area contributed by atoms with E-state index in [0.29, 0.717) is 34.9 Å². The van der Waals surface area contributed by atoms with E-state index in [1.54, 1.807) is 25.3 Å². The Kier molecular flexibility index (Phi) is 5.90. The monoisotopic (exact) mass is 497 g/mol. The van der Waals surface area contributed by atoms with E-state index in [1.807, 2.05) is 4.57 Å². The lowest BCUT2D eigenvalue weighted by atomic mass is 9.89. The fourth-order valence-corrected chi connectivity index (χ4v) is 6.72. The van der Waals surface area contributed by atoms with Crippen LogP contribution in [0.4, 0.5) is 5.82 Å². The zero-order valence-electron chi connectivity index (χ0n) is 20.4. The van der Waals surface area contributed by atoms with Crippen molar-refractivity contribution >= 4 is 35.1 Å². The van der Waals surface area contributed by atoms with Gasteiger partial charge in [0.15, 0.2) is 0 Å². The molecule has 3 amide bonds. The second-order valence-corrected chi connectivity index (χ2v) is 11.7. The van der Waals surface area contributed by atoms with Crippen molar-refractivity contribution in [3.63, 3.8) is 0 Å². The zero-order chi connectivity index (χ0) is 25.1. The van der Waals surface area contributed by atoms with Gasteiger partial charge in [0.2, 0.25) is 11.8 Å². The predicted octanol–water partition coefficient (Wildman–Crippen LogP) is 3.76. The van der Waals surface area contributed by atoms with E-state index < -0.39 is 5.91 Å². The first kappa shape index (κ1) is 23.9. The van der Waals surface area contributed by atoms with Crippen molar-refractivity contribution in [3.05, 3.63) is 34.7 Å². The summed E-state index contributed by atoms with van der Waals surface area (Å²) in [7, 11) is 0. The highest BCUT2D eigenvalue weighted by molar-refractivity contribution is 6.33. The third kappa shape index (κ3) is 4.56. The average Bonchev–Trinajstić information content (AvgIpc) is 3.46. The molecule has 5 rings (SSSR count). The van der Waals surface area contributed by atoms with Crippen LogP contribution in [-0.2, 0) is 22.6 Å². The van der Waals surface area contributed by atoms with Crippen molar-refractivity contribution in [3.8, 4) is 11.1 Å². The van der Waals surface area contributed by atoms with Crippen LogP contribution < -0.4 is 16.4 Å². The van der Waals surface area contributed by atoms with E-state index in [-0.39, 0.29) is 29.2 Å². The quantitative estimate of drug-likeness (QED) is 0.582. The minimum absolute atomic E-state index is 0.00554. The highest BCUT2D eigenvalue weighted by atomic mass is 35.5. The molecule has 35 heavy (non-hydrogen) atoms. The van der Waals surface area contributed by atoms with Gasteiger partial charge in [0.1, 0.15) is 11.5 Å². The lowest BCUT2D eigenvalue weighted by molar-refractivity contribution is -0.121. The van der Waals surface area contributed by atoms with Gasteiger partial charge >= 0.3 is 0 Å². The van der Waals surface area contributed by atoms with Crippen molar-refractivity contribution < 1.29 is 14.4 Å². The fraction of sp³-hybridized carbons (Fsp3) is 0.538. The summed E-state index contributed by atoms with van der Waals surface area (Å²) < 4.78 is 1.98.